The fourth-order valence-corrected chi connectivity index (χ4v) is 3.66. The van der Waals surface area contributed by atoms with Crippen LogP contribution in [-0.2, 0) is 4.79 Å². The van der Waals surface area contributed by atoms with Crippen molar-refractivity contribution in [2.75, 3.05) is 39.3 Å². The third-order valence-corrected chi connectivity index (χ3v) is 4.67. The average Bonchev–Trinajstić information content (AvgIpc) is 2.41. The van der Waals surface area contributed by atoms with E-state index in [9.17, 15) is 4.79 Å². The van der Waals surface area contributed by atoms with Crippen LogP contribution in [0.25, 0.3) is 0 Å². The molecule has 4 fully saturated rings. The topological polar surface area (TPSA) is 23.6 Å². The zero-order valence-electron chi connectivity index (χ0n) is 9.70. The van der Waals surface area contributed by atoms with Crippen LogP contribution in [0.5, 0.6) is 0 Å². The molecular formula is C12H20N2O. The number of carbonyl (C=O) groups excluding carboxylic acids is 1. The molecule has 4 bridgehead atoms. The third kappa shape index (κ3) is 1.23. The first-order valence-electron chi connectivity index (χ1n) is 6.11. The number of Topliss-reactive ketones (excluding diaryl/α,β-unsaturated/α-hetero) is 1. The predicted octanol–water partition coefficient (Wildman–Crippen LogP) is 0.459. The Balaban J connectivity index is 2.03. The normalized spacial score (nSPS) is 48.7. The van der Waals surface area contributed by atoms with Gasteiger partial charge >= 0.3 is 0 Å². The molecule has 4 heterocycles. The van der Waals surface area contributed by atoms with Crippen molar-refractivity contribution < 1.29 is 4.79 Å². The van der Waals surface area contributed by atoms with Crippen molar-refractivity contribution in [2.45, 2.75) is 13.8 Å². The van der Waals surface area contributed by atoms with Gasteiger partial charge in [-0.3, -0.25) is 4.79 Å². The van der Waals surface area contributed by atoms with Crippen LogP contribution in [0.1, 0.15) is 13.8 Å². The second-order valence-electron chi connectivity index (χ2n) is 5.84. The molecule has 4 saturated heterocycles. The first kappa shape index (κ1) is 9.79. The summed E-state index contributed by atoms with van der Waals surface area (Å²) in [5.74, 6) is 1.35. The van der Waals surface area contributed by atoms with E-state index < -0.39 is 0 Å². The molecular weight excluding hydrogens is 188 g/mol. The number of hydrogen-bond acceptors (Lipinski definition) is 3. The average molecular weight is 208 g/mol. The predicted molar refractivity (Wildman–Crippen MR) is 58.6 cm³/mol. The molecule has 4 aliphatic heterocycles. The summed E-state index contributed by atoms with van der Waals surface area (Å²) in [5, 5.41) is 0. The molecule has 2 unspecified atom stereocenters. The van der Waals surface area contributed by atoms with Gasteiger partial charge in [0.15, 0.2) is 0 Å². The first-order chi connectivity index (χ1) is 7.12. The van der Waals surface area contributed by atoms with Gasteiger partial charge in [-0.05, 0) is 5.92 Å². The molecule has 0 aromatic rings. The van der Waals surface area contributed by atoms with E-state index in [-0.39, 0.29) is 5.41 Å². The molecule has 2 atom stereocenters. The summed E-state index contributed by atoms with van der Waals surface area (Å²) in [6, 6.07) is 0. The van der Waals surface area contributed by atoms with Crippen molar-refractivity contribution in [3.63, 3.8) is 0 Å². The van der Waals surface area contributed by atoms with E-state index in [1.165, 1.54) is 0 Å². The Bertz CT molecular complexity index is 284. The molecule has 3 heteroatoms. The van der Waals surface area contributed by atoms with Gasteiger partial charge in [-0.2, -0.15) is 0 Å². The Morgan fingerprint density at radius 2 is 1.73 bits per heavy atom. The summed E-state index contributed by atoms with van der Waals surface area (Å²) >= 11 is 0. The van der Waals surface area contributed by atoms with E-state index in [4.69, 9.17) is 0 Å². The standard InChI is InChI=1S/C12H20N2O/c1-9(2)12-7-13-3-4-14(8-12)6-10(5-13)11(12)15/h9-10H,3-8H2,1-2H3. The van der Waals surface area contributed by atoms with E-state index in [1.54, 1.807) is 0 Å². The minimum atomic E-state index is -0.0440. The van der Waals surface area contributed by atoms with Crippen molar-refractivity contribution in [3.8, 4) is 0 Å². The molecule has 0 spiro atoms. The van der Waals surface area contributed by atoms with Crippen molar-refractivity contribution in [2.24, 2.45) is 17.3 Å². The van der Waals surface area contributed by atoms with Crippen molar-refractivity contribution >= 4 is 5.78 Å². The maximum atomic E-state index is 12.4. The lowest BCUT2D eigenvalue weighted by Gasteiger charge is -2.50. The van der Waals surface area contributed by atoms with Crippen LogP contribution in [0.3, 0.4) is 0 Å². The summed E-state index contributed by atoms with van der Waals surface area (Å²) in [6.07, 6.45) is 0. The van der Waals surface area contributed by atoms with Crippen molar-refractivity contribution in [1.29, 1.82) is 0 Å². The molecule has 15 heavy (non-hydrogen) atoms. The van der Waals surface area contributed by atoms with Crippen molar-refractivity contribution in [3.05, 3.63) is 0 Å². The molecule has 0 N–H and O–H groups in total. The number of fused-ring (bicyclic) bond motifs is 1. The first-order valence-corrected chi connectivity index (χ1v) is 6.11. The lowest BCUT2D eigenvalue weighted by atomic mass is 9.65. The van der Waals surface area contributed by atoms with Gasteiger partial charge in [-0.15, -0.1) is 0 Å². The maximum absolute atomic E-state index is 12.4. The van der Waals surface area contributed by atoms with E-state index in [0.717, 1.165) is 39.3 Å². The van der Waals surface area contributed by atoms with Crippen LogP contribution in [0.2, 0.25) is 0 Å². The summed E-state index contributed by atoms with van der Waals surface area (Å²) in [7, 11) is 0. The lowest BCUT2D eigenvalue weighted by molar-refractivity contribution is -0.148. The van der Waals surface area contributed by atoms with Crippen LogP contribution in [0.15, 0.2) is 0 Å². The van der Waals surface area contributed by atoms with E-state index in [1.807, 2.05) is 0 Å². The van der Waals surface area contributed by atoms with Gasteiger partial charge in [-0.25, -0.2) is 0 Å². The minimum Gasteiger partial charge on any atom is -0.300 e. The molecule has 0 amide bonds. The maximum Gasteiger partial charge on any atom is 0.147 e. The molecule has 84 valence electrons. The minimum absolute atomic E-state index is 0.0440. The zero-order chi connectivity index (χ0) is 10.6. The van der Waals surface area contributed by atoms with E-state index in [2.05, 4.69) is 23.6 Å². The molecule has 0 aromatic carbocycles. The van der Waals surface area contributed by atoms with E-state index >= 15 is 0 Å². The second kappa shape index (κ2) is 3.05. The fraction of sp³-hybridized carbons (Fsp3) is 0.917. The monoisotopic (exact) mass is 208 g/mol. The summed E-state index contributed by atoms with van der Waals surface area (Å²) in [6.45, 7) is 10.8. The van der Waals surface area contributed by atoms with Gasteiger partial charge in [0, 0.05) is 45.2 Å². The van der Waals surface area contributed by atoms with Crippen LogP contribution < -0.4 is 0 Å². The number of piperidine rings is 2. The summed E-state index contributed by atoms with van der Waals surface area (Å²) in [5.41, 5.74) is -0.0440. The van der Waals surface area contributed by atoms with Gasteiger partial charge in [0.2, 0.25) is 0 Å². The van der Waals surface area contributed by atoms with Gasteiger partial charge in [0.05, 0.1) is 5.41 Å². The van der Waals surface area contributed by atoms with Crippen molar-refractivity contribution in [1.82, 2.24) is 9.80 Å². The lowest BCUT2D eigenvalue weighted by Crippen LogP contribution is -2.63. The Kier molecular flexibility index (Phi) is 1.99. The smallest absolute Gasteiger partial charge is 0.147 e. The molecule has 0 aliphatic carbocycles. The fourth-order valence-electron chi connectivity index (χ4n) is 3.66. The number of nitrogens with zero attached hydrogens (tertiary/aromatic N) is 2. The van der Waals surface area contributed by atoms with Gasteiger partial charge in [-0.1, -0.05) is 13.8 Å². The highest BCUT2D eigenvalue weighted by molar-refractivity contribution is 5.90. The molecule has 0 radical (unpaired) electrons. The Morgan fingerprint density at radius 1 is 1.20 bits per heavy atom. The highest BCUT2D eigenvalue weighted by Crippen LogP contribution is 2.42. The highest BCUT2D eigenvalue weighted by Gasteiger charge is 2.54. The summed E-state index contributed by atoms with van der Waals surface area (Å²) < 4.78 is 0. The number of rotatable bonds is 1. The van der Waals surface area contributed by atoms with Crippen LogP contribution in [0.4, 0.5) is 0 Å². The zero-order valence-corrected chi connectivity index (χ0v) is 9.70. The quantitative estimate of drug-likeness (QED) is 0.625. The second-order valence-corrected chi connectivity index (χ2v) is 5.84. The Hall–Kier alpha value is -0.410. The molecule has 4 rings (SSSR count). The summed E-state index contributed by atoms with van der Waals surface area (Å²) in [4.78, 5) is 17.5. The highest BCUT2D eigenvalue weighted by atomic mass is 16.1. The number of ketones is 1. The third-order valence-electron chi connectivity index (χ3n) is 4.67. The van der Waals surface area contributed by atoms with Crippen LogP contribution in [0, 0.1) is 17.3 Å². The molecule has 0 saturated carbocycles. The van der Waals surface area contributed by atoms with Gasteiger partial charge < -0.3 is 9.80 Å². The van der Waals surface area contributed by atoms with Crippen LogP contribution >= 0.6 is 0 Å². The SMILES string of the molecule is CC(C)C12CN3CCN(CC(C3)C1=O)C2. The molecule has 0 aromatic heterocycles. The number of hydrogen-bond donors (Lipinski definition) is 0. The van der Waals surface area contributed by atoms with E-state index in [0.29, 0.717) is 17.6 Å². The molecule has 4 aliphatic rings. The number of carbonyl (C=O) groups is 1. The largest absolute Gasteiger partial charge is 0.300 e. The van der Waals surface area contributed by atoms with Crippen LogP contribution in [-0.4, -0.2) is 54.9 Å². The van der Waals surface area contributed by atoms with Gasteiger partial charge in [0.1, 0.15) is 5.78 Å². The Labute approximate surface area is 91.4 Å². The Morgan fingerprint density at radius 3 is 2.20 bits per heavy atom. The van der Waals surface area contributed by atoms with Gasteiger partial charge in [0.25, 0.3) is 0 Å². The molecule has 3 nitrogen and oxygen atoms in total.